The summed E-state index contributed by atoms with van der Waals surface area (Å²) < 4.78 is 30.6. The Kier molecular flexibility index (Phi) is 7.17. The number of nitrogens with one attached hydrogen (secondary N) is 2. The van der Waals surface area contributed by atoms with Crippen molar-refractivity contribution < 1.29 is 18.7 Å². The number of benzene rings is 1. The number of aliphatic hydroxyl groups excluding tert-OH is 1. The standard InChI is InChI=1S/C25H30ClF2N7O2/c1-12-2-5-14(10-19(12)36)31-24-30-11-18-23(34-24)35(15-6-3-13(4-7-15)22(29)37)25(33-18)32-17-9-8-16(26)20(27)21(17)28/h8-9,11-15,19,36H,2-7,10H2,1H3,(H2,29,37)(H,32,33)(H,30,31,34)/t12-,13-,14-,15-,19-/m1/s1. The molecule has 9 nitrogen and oxygen atoms in total. The van der Waals surface area contributed by atoms with Gasteiger partial charge in [0.2, 0.25) is 17.8 Å². The second kappa shape index (κ2) is 10.4. The summed E-state index contributed by atoms with van der Waals surface area (Å²) in [4.78, 5) is 25.4. The quantitative estimate of drug-likeness (QED) is 0.338. The lowest BCUT2D eigenvalue weighted by Crippen LogP contribution is -2.35. The van der Waals surface area contributed by atoms with E-state index in [1.165, 1.54) is 12.1 Å². The Morgan fingerprint density at radius 3 is 2.59 bits per heavy atom. The number of aromatic nitrogens is 4. The van der Waals surface area contributed by atoms with E-state index in [1.807, 2.05) is 11.5 Å². The van der Waals surface area contributed by atoms with E-state index < -0.39 is 11.6 Å². The molecule has 2 fully saturated rings. The van der Waals surface area contributed by atoms with Crippen LogP contribution in [0.2, 0.25) is 5.02 Å². The number of carbonyl (C=O) groups is 1. The highest BCUT2D eigenvalue weighted by molar-refractivity contribution is 6.30. The van der Waals surface area contributed by atoms with Gasteiger partial charge in [0.1, 0.15) is 5.52 Å². The minimum atomic E-state index is -1.15. The third kappa shape index (κ3) is 5.19. The summed E-state index contributed by atoms with van der Waals surface area (Å²) >= 11 is 5.72. The van der Waals surface area contributed by atoms with Crippen LogP contribution < -0.4 is 16.4 Å². The van der Waals surface area contributed by atoms with Gasteiger partial charge in [-0.2, -0.15) is 4.98 Å². The zero-order valence-electron chi connectivity index (χ0n) is 20.4. The lowest BCUT2D eigenvalue weighted by atomic mass is 9.85. The molecule has 12 heteroatoms. The van der Waals surface area contributed by atoms with Crippen LogP contribution in [0.15, 0.2) is 18.3 Å². The maximum Gasteiger partial charge on any atom is 0.224 e. The average Bonchev–Trinajstić information content (AvgIpc) is 3.24. The van der Waals surface area contributed by atoms with Crippen molar-refractivity contribution in [1.82, 2.24) is 19.5 Å². The number of carbonyl (C=O) groups excluding carboxylic acids is 1. The molecule has 2 aliphatic carbocycles. The summed E-state index contributed by atoms with van der Waals surface area (Å²) in [5.41, 5.74) is 6.42. The Morgan fingerprint density at radius 2 is 1.89 bits per heavy atom. The Morgan fingerprint density at radius 1 is 1.14 bits per heavy atom. The first-order valence-electron chi connectivity index (χ1n) is 12.6. The van der Waals surface area contributed by atoms with E-state index in [0.29, 0.717) is 49.2 Å². The molecule has 2 aromatic heterocycles. The molecule has 198 valence electrons. The number of hydrogen-bond acceptors (Lipinski definition) is 7. The fourth-order valence-electron chi connectivity index (χ4n) is 5.37. The first-order valence-corrected chi connectivity index (χ1v) is 13.0. The van der Waals surface area contributed by atoms with Crippen LogP contribution in [0, 0.1) is 23.5 Å². The van der Waals surface area contributed by atoms with Gasteiger partial charge < -0.3 is 21.5 Å². The number of nitrogens with two attached hydrogens (primary N) is 1. The highest BCUT2D eigenvalue weighted by Crippen LogP contribution is 2.38. The molecule has 2 aliphatic rings. The van der Waals surface area contributed by atoms with Crippen molar-refractivity contribution in [2.45, 2.75) is 70.1 Å². The Hall–Kier alpha value is -3.05. The number of rotatable bonds is 6. The van der Waals surface area contributed by atoms with E-state index in [9.17, 15) is 18.7 Å². The first kappa shape index (κ1) is 25.6. The molecule has 0 unspecified atom stereocenters. The van der Waals surface area contributed by atoms with Gasteiger partial charge in [0, 0.05) is 18.0 Å². The summed E-state index contributed by atoms with van der Waals surface area (Å²) in [5, 5.41) is 16.2. The molecule has 0 saturated heterocycles. The highest BCUT2D eigenvalue weighted by atomic mass is 35.5. The van der Waals surface area contributed by atoms with Crippen LogP contribution in [0.3, 0.4) is 0 Å². The second-order valence-corrected chi connectivity index (χ2v) is 10.6. The number of aliphatic hydroxyl groups is 1. The van der Waals surface area contributed by atoms with Crippen LogP contribution in [-0.2, 0) is 4.79 Å². The van der Waals surface area contributed by atoms with Crippen LogP contribution in [0.4, 0.5) is 26.4 Å². The molecule has 2 heterocycles. The van der Waals surface area contributed by atoms with Crippen molar-refractivity contribution in [3.8, 4) is 0 Å². The number of hydrogen-bond donors (Lipinski definition) is 4. The van der Waals surface area contributed by atoms with Crippen LogP contribution in [0.25, 0.3) is 11.2 Å². The number of primary amides is 1. The minimum absolute atomic E-state index is 0.0368. The van der Waals surface area contributed by atoms with Gasteiger partial charge in [-0.1, -0.05) is 18.5 Å². The van der Waals surface area contributed by atoms with Crippen molar-refractivity contribution in [3.63, 3.8) is 0 Å². The third-order valence-electron chi connectivity index (χ3n) is 7.67. The van der Waals surface area contributed by atoms with Crippen molar-refractivity contribution in [1.29, 1.82) is 0 Å². The van der Waals surface area contributed by atoms with Crippen molar-refractivity contribution in [2.75, 3.05) is 10.6 Å². The van der Waals surface area contributed by atoms with E-state index in [-0.39, 0.29) is 52.6 Å². The normalized spacial score (nSPS) is 26.2. The summed E-state index contributed by atoms with van der Waals surface area (Å²) in [7, 11) is 0. The fraction of sp³-hybridized carbons (Fsp3) is 0.520. The Balaban J connectivity index is 1.49. The third-order valence-corrected chi connectivity index (χ3v) is 7.96. The predicted octanol–water partition coefficient (Wildman–Crippen LogP) is 4.68. The number of amides is 1. The molecular weight excluding hydrogens is 504 g/mol. The molecule has 1 amide bonds. The SMILES string of the molecule is C[C@@H]1CC[C@@H](Nc2ncc3nc(Nc4ccc(Cl)c(F)c4F)n([C@H]4CC[C@H](C(N)=O)CC4)c3n2)C[C@H]1O. The van der Waals surface area contributed by atoms with Crippen LogP contribution in [0.1, 0.15) is 57.9 Å². The zero-order valence-corrected chi connectivity index (χ0v) is 21.2. The number of fused-ring (bicyclic) bond motifs is 1. The molecule has 3 atom stereocenters. The Bertz CT molecular complexity index is 1310. The highest BCUT2D eigenvalue weighted by Gasteiger charge is 2.30. The van der Waals surface area contributed by atoms with Crippen molar-refractivity contribution >= 4 is 46.3 Å². The predicted molar refractivity (Wildman–Crippen MR) is 137 cm³/mol. The second-order valence-electron chi connectivity index (χ2n) is 10.2. The van der Waals surface area contributed by atoms with E-state index in [0.717, 1.165) is 12.8 Å². The largest absolute Gasteiger partial charge is 0.393 e. The zero-order chi connectivity index (χ0) is 26.3. The summed E-state index contributed by atoms with van der Waals surface area (Å²) in [6.45, 7) is 2.04. The molecule has 37 heavy (non-hydrogen) atoms. The summed E-state index contributed by atoms with van der Waals surface area (Å²) in [5.74, 6) is -1.83. The van der Waals surface area contributed by atoms with E-state index in [4.69, 9.17) is 22.3 Å². The van der Waals surface area contributed by atoms with Gasteiger partial charge in [0.25, 0.3) is 0 Å². The van der Waals surface area contributed by atoms with Crippen molar-refractivity contribution in [2.24, 2.45) is 17.6 Å². The molecule has 2 saturated carbocycles. The molecule has 1 aromatic carbocycles. The first-order chi connectivity index (χ1) is 17.7. The van der Waals surface area contributed by atoms with Crippen LogP contribution in [0.5, 0.6) is 0 Å². The molecule has 0 spiro atoms. The van der Waals surface area contributed by atoms with Crippen LogP contribution >= 0.6 is 11.6 Å². The molecule has 3 aromatic rings. The van der Waals surface area contributed by atoms with Gasteiger partial charge in [-0.3, -0.25) is 9.36 Å². The summed E-state index contributed by atoms with van der Waals surface area (Å²) in [6.07, 6.45) is 6.11. The molecule has 5 rings (SSSR count). The number of halogens is 3. The minimum Gasteiger partial charge on any atom is -0.393 e. The number of nitrogens with zero attached hydrogens (tertiary/aromatic N) is 4. The van der Waals surface area contributed by atoms with E-state index in [1.54, 1.807) is 6.20 Å². The monoisotopic (exact) mass is 533 g/mol. The van der Waals surface area contributed by atoms with Gasteiger partial charge in [0.05, 0.1) is 23.0 Å². The number of imidazole rings is 1. The van der Waals surface area contributed by atoms with E-state index in [2.05, 4.69) is 20.6 Å². The molecular formula is C25H30ClF2N7O2. The fourth-order valence-corrected chi connectivity index (χ4v) is 5.51. The molecule has 0 bridgehead atoms. The molecule has 5 N–H and O–H groups in total. The number of anilines is 3. The van der Waals surface area contributed by atoms with Gasteiger partial charge >= 0.3 is 0 Å². The lowest BCUT2D eigenvalue weighted by molar-refractivity contribution is -0.122. The summed E-state index contributed by atoms with van der Waals surface area (Å²) in [6, 6.07) is 2.56. The molecule has 0 radical (unpaired) electrons. The van der Waals surface area contributed by atoms with Crippen LogP contribution in [-0.4, -0.2) is 42.7 Å². The maximum atomic E-state index is 14.6. The molecule has 0 aliphatic heterocycles. The van der Waals surface area contributed by atoms with Gasteiger partial charge in [-0.05, 0) is 63.0 Å². The topological polar surface area (TPSA) is 131 Å². The van der Waals surface area contributed by atoms with Crippen molar-refractivity contribution in [3.05, 3.63) is 35.0 Å². The van der Waals surface area contributed by atoms with Gasteiger partial charge in [0.15, 0.2) is 17.3 Å². The average molecular weight is 534 g/mol. The Labute approximate surface area is 217 Å². The lowest BCUT2D eigenvalue weighted by Gasteiger charge is -2.31. The van der Waals surface area contributed by atoms with Gasteiger partial charge in [-0.15, -0.1) is 0 Å². The maximum absolute atomic E-state index is 14.6. The smallest absolute Gasteiger partial charge is 0.224 e. The van der Waals surface area contributed by atoms with Gasteiger partial charge in [-0.25, -0.2) is 18.7 Å². The van der Waals surface area contributed by atoms with E-state index >= 15 is 0 Å².